The zero-order valence-corrected chi connectivity index (χ0v) is 21.9. The molecule has 6 rings (SSSR count). The predicted octanol–water partition coefficient (Wildman–Crippen LogP) is 3.79. The maximum absolute atomic E-state index is 14.5. The lowest BCUT2D eigenvalue weighted by Crippen LogP contribution is -2.38. The van der Waals surface area contributed by atoms with E-state index in [0.29, 0.717) is 11.6 Å². The number of aromatic nitrogens is 7. The van der Waals surface area contributed by atoms with E-state index in [0.717, 1.165) is 29.8 Å². The second-order valence-electron chi connectivity index (χ2n) is 10.6. The van der Waals surface area contributed by atoms with Crippen molar-refractivity contribution < 1.29 is 17.2 Å². The van der Waals surface area contributed by atoms with Crippen LogP contribution in [-0.4, -0.2) is 55.8 Å². The summed E-state index contributed by atoms with van der Waals surface area (Å²) in [5.41, 5.74) is 1.53. The van der Waals surface area contributed by atoms with Crippen molar-refractivity contribution in [3.8, 4) is 22.9 Å². The predicted molar refractivity (Wildman–Crippen MR) is 135 cm³/mol. The van der Waals surface area contributed by atoms with Gasteiger partial charge in [-0.2, -0.15) is 5.10 Å². The van der Waals surface area contributed by atoms with E-state index in [1.54, 1.807) is 12.3 Å². The third-order valence-electron chi connectivity index (χ3n) is 8.14. The van der Waals surface area contributed by atoms with E-state index in [1.807, 2.05) is 6.07 Å². The van der Waals surface area contributed by atoms with Gasteiger partial charge in [0.15, 0.2) is 5.82 Å². The molecule has 0 unspecified atom stereocenters. The van der Waals surface area contributed by atoms with Gasteiger partial charge in [-0.05, 0) is 54.0 Å². The average Bonchev–Trinajstić information content (AvgIpc) is 3.50. The zero-order chi connectivity index (χ0) is 26.9. The van der Waals surface area contributed by atoms with Gasteiger partial charge in [-0.1, -0.05) is 19.9 Å². The summed E-state index contributed by atoms with van der Waals surface area (Å²) in [5, 5.41) is 15.8. The quantitative estimate of drug-likeness (QED) is 0.394. The molecular weight excluding hydrogens is 512 g/mol. The molecule has 2 aliphatic rings. The minimum Gasteiger partial charge on any atom is -0.263 e. The first kappa shape index (κ1) is 24.7. The van der Waals surface area contributed by atoms with Crippen LogP contribution in [0.2, 0.25) is 0 Å². The van der Waals surface area contributed by atoms with E-state index in [2.05, 4.69) is 44.2 Å². The Labute approximate surface area is 218 Å². The second-order valence-corrected chi connectivity index (χ2v) is 12.9. The zero-order valence-electron chi connectivity index (χ0n) is 21.0. The number of sulfone groups is 1. The molecule has 196 valence electrons. The summed E-state index contributed by atoms with van der Waals surface area (Å²) in [6, 6.07) is 7.37. The van der Waals surface area contributed by atoms with Crippen LogP contribution in [0.15, 0.2) is 36.5 Å². The van der Waals surface area contributed by atoms with Gasteiger partial charge in [0.05, 0.1) is 33.8 Å². The molecule has 0 radical (unpaired) electrons. The molecule has 3 aromatic heterocycles. The number of rotatable bonds is 6. The number of H-pyrrole nitrogens is 1. The van der Waals surface area contributed by atoms with Crippen LogP contribution >= 0.6 is 0 Å². The monoisotopic (exact) mass is 537 g/mol. The maximum atomic E-state index is 14.5. The Hall–Kier alpha value is -3.67. The highest BCUT2D eigenvalue weighted by atomic mass is 32.2. The average molecular weight is 538 g/mol. The molecule has 0 amide bonds. The molecule has 1 N–H and O–H groups in total. The molecule has 4 aromatic rings. The molecular formula is C26H25F2N7O2S. The van der Waals surface area contributed by atoms with Crippen LogP contribution in [0.1, 0.15) is 55.4 Å². The number of nitrogens with one attached hydrogen (secondary N) is 1. The molecule has 0 spiro atoms. The van der Waals surface area contributed by atoms with Crippen molar-refractivity contribution in [2.45, 2.75) is 44.4 Å². The fourth-order valence-electron chi connectivity index (χ4n) is 6.25. The van der Waals surface area contributed by atoms with E-state index in [4.69, 9.17) is 4.98 Å². The standard InChI is InChI=1S/C26H25F2N7O2S/c1-25(2)15-7-10-26(25,22-14(15)13-18(32-34-22)21-16(27)5-4-6-17(21)28)19-8-11-29-23(30-19)24-31-20(33-35-24)9-12-38(3,36)37/h4-6,8,11,13,15H,7,9-10,12H2,1-3H3,(H,31,33,35)/t15-,26-/m0/s1. The first-order valence-electron chi connectivity index (χ1n) is 12.3. The van der Waals surface area contributed by atoms with Crippen molar-refractivity contribution in [2.24, 2.45) is 5.41 Å². The van der Waals surface area contributed by atoms with Crippen molar-refractivity contribution in [1.82, 2.24) is 35.3 Å². The van der Waals surface area contributed by atoms with Crippen LogP contribution in [0.3, 0.4) is 0 Å². The Kier molecular flexibility index (Phi) is 5.46. The molecule has 0 aliphatic heterocycles. The Morgan fingerprint density at radius 1 is 1.08 bits per heavy atom. The minimum absolute atomic E-state index is 0.0462. The number of hydrogen-bond donors (Lipinski definition) is 1. The number of halogens is 2. The SMILES string of the molecule is CC1(C)[C@H]2CC[C@]1(c1ccnc(-c3n[nH]c(CCS(C)(=O)=O)n3)n1)c1nnc(-c3c(F)cccc3F)cc12. The Morgan fingerprint density at radius 3 is 2.58 bits per heavy atom. The van der Waals surface area contributed by atoms with Gasteiger partial charge in [-0.15, -0.1) is 10.2 Å². The minimum atomic E-state index is -3.14. The van der Waals surface area contributed by atoms with E-state index in [1.165, 1.54) is 24.5 Å². The summed E-state index contributed by atoms with van der Waals surface area (Å²) in [6.45, 7) is 4.32. The smallest absolute Gasteiger partial charge is 0.218 e. The molecule has 12 heteroatoms. The van der Waals surface area contributed by atoms with Crippen LogP contribution in [0.5, 0.6) is 0 Å². The largest absolute Gasteiger partial charge is 0.263 e. The van der Waals surface area contributed by atoms with Gasteiger partial charge < -0.3 is 0 Å². The fraction of sp³-hybridized carbons (Fsp3) is 0.385. The molecule has 38 heavy (non-hydrogen) atoms. The summed E-state index contributed by atoms with van der Waals surface area (Å²) in [4.78, 5) is 13.6. The normalized spacial score (nSPS) is 21.6. The molecule has 1 aromatic carbocycles. The highest BCUT2D eigenvalue weighted by Crippen LogP contribution is 2.69. The summed E-state index contributed by atoms with van der Waals surface area (Å²) in [5.74, 6) is -0.290. The van der Waals surface area contributed by atoms with Crippen LogP contribution in [0, 0.1) is 17.0 Å². The lowest BCUT2D eigenvalue weighted by molar-refractivity contribution is 0.243. The van der Waals surface area contributed by atoms with Gasteiger partial charge in [-0.25, -0.2) is 32.2 Å². The third-order valence-corrected chi connectivity index (χ3v) is 9.08. The van der Waals surface area contributed by atoms with Crippen LogP contribution in [0.25, 0.3) is 22.9 Å². The molecule has 0 saturated heterocycles. The van der Waals surface area contributed by atoms with Gasteiger partial charge in [0, 0.05) is 18.9 Å². The first-order valence-corrected chi connectivity index (χ1v) is 14.3. The van der Waals surface area contributed by atoms with Gasteiger partial charge >= 0.3 is 0 Å². The number of nitrogens with zero attached hydrogens (tertiary/aromatic N) is 6. The third kappa shape index (κ3) is 3.64. The number of aromatic amines is 1. The van der Waals surface area contributed by atoms with E-state index in [-0.39, 0.29) is 40.6 Å². The lowest BCUT2D eigenvalue weighted by atomic mass is 9.66. The highest BCUT2D eigenvalue weighted by molar-refractivity contribution is 7.90. The molecule has 2 atom stereocenters. The van der Waals surface area contributed by atoms with Crippen molar-refractivity contribution in [3.63, 3.8) is 0 Å². The van der Waals surface area contributed by atoms with Crippen LogP contribution < -0.4 is 0 Å². The lowest BCUT2D eigenvalue weighted by Gasteiger charge is -2.37. The van der Waals surface area contributed by atoms with Crippen LogP contribution in [-0.2, 0) is 21.7 Å². The molecule has 2 bridgehead atoms. The van der Waals surface area contributed by atoms with E-state index in [9.17, 15) is 17.2 Å². The van der Waals surface area contributed by atoms with Gasteiger partial charge in [0.2, 0.25) is 5.82 Å². The first-order chi connectivity index (χ1) is 18.0. The maximum Gasteiger partial charge on any atom is 0.218 e. The number of benzene rings is 1. The summed E-state index contributed by atoms with van der Waals surface area (Å²) < 4.78 is 52.0. The molecule has 1 saturated carbocycles. The van der Waals surface area contributed by atoms with Gasteiger partial charge in [-0.3, -0.25) is 5.10 Å². The second kappa shape index (κ2) is 8.42. The number of aryl methyl sites for hydroxylation is 1. The Balaban J connectivity index is 1.41. The van der Waals surface area contributed by atoms with Crippen molar-refractivity contribution in [1.29, 1.82) is 0 Å². The van der Waals surface area contributed by atoms with E-state index >= 15 is 0 Å². The summed E-state index contributed by atoms with van der Waals surface area (Å²) in [6.07, 6.45) is 4.67. The number of fused-ring (bicyclic) bond motifs is 5. The molecule has 9 nitrogen and oxygen atoms in total. The van der Waals surface area contributed by atoms with E-state index < -0.39 is 26.9 Å². The van der Waals surface area contributed by atoms with Gasteiger partial charge in [0.1, 0.15) is 27.3 Å². The highest BCUT2D eigenvalue weighted by Gasteiger charge is 2.65. The number of hydrogen-bond acceptors (Lipinski definition) is 8. The molecule has 2 aliphatic carbocycles. The Bertz CT molecular complexity index is 1670. The van der Waals surface area contributed by atoms with Crippen molar-refractivity contribution >= 4 is 9.84 Å². The van der Waals surface area contributed by atoms with Crippen molar-refractivity contribution in [3.05, 3.63) is 70.9 Å². The molecule has 3 heterocycles. The van der Waals surface area contributed by atoms with Crippen molar-refractivity contribution in [2.75, 3.05) is 12.0 Å². The topological polar surface area (TPSA) is 127 Å². The molecule has 1 fully saturated rings. The van der Waals surface area contributed by atoms with Gasteiger partial charge in [0.25, 0.3) is 0 Å². The summed E-state index contributed by atoms with van der Waals surface area (Å²) >= 11 is 0. The van der Waals surface area contributed by atoms with Crippen LogP contribution in [0.4, 0.5) is 8.78 Å². The Morgan fingerprint density at radius 2 is 1.84 bits per heavy atom. The fourth-order valence-corrected chi connectivity index (χ4v) is 6.81. The summed E-state index contributed by atoms with van der Waals surface area (Å²) in [7, 11) is -3.14.